The molecule has 0 aliphatic carbocycles. The second-order valence-electron chi connectivity index (χ2n) is 4.58. The Labute approximate surface area is 99.3 Å². The first-order valence-electron chi connectivity index (χ1n) is 5.57. The summed E-state index contributed by atoms with van der Waals surface area (Å²) < 4.78 is 26.4. The molecule has 0 heterocycles. The maximum atomic E-state index is 13.4. The van der Waals surface area contributed by atoms with Crippen LogP contribution in [-0.4, -0.2) is 11.1 Å². The van der Waals surface area contributed by atoms with Crippen LogP contribution in [0.5, 0.6) is 0 Å². The summed E-state index contributed by atoms with van der Waals surface area (Å²) in [5, 5.41) is 9.03. The summed E-state index contributed by atoms with van der Waals surface area (Å²) in [5.74, 6) is -3.32. The van der Waals surface area contributed by atoms with Gasteiger partial charge < -0.3 is 5.11 Å². The Bertz CT molecular complexity index is 402. The van der Waals surface area contributed by atoms with Gasteiger partial charge >= 0.3 is 5.97 Å². The highest BCUT2D eigenvalue weighted by atomic mass is 19.2. The maximum Gasteiger partial charge on any atom is 0.306 e. The highest BCUT2D eigenvalue weighted by Gasteiger charge is 2.21. The van der Waals surface area contributed by atoms with Gasteiger partial charge in [0.1, 0.15) is 0 Å². The van der Waals surface area contributed by atoms with Crippen molar-refractivity contribution in [3.05, 3.63) is 35.4 Å². The van der Waals surface area contributed by atoms with E-state index in [4.69, 9.17) is 5.11 Å². The Hall–Kier alpha value is -1.45. The molecule has 2 nitrogen and oxygen atoms in total. The zero-order valence-corrected chi connectivity index (χ0v) is 9.91. The van der Waals surface area contributed by atoms with Crippen molar-refractivity contribution in [2.24, 2.45) is 11.8 Å². The number of hydrogen-bond donors (Lipinski definition) is 1. The van der Waals surface area contributed by atoms with Gasteiger partial charge in [0, 0.05) is 0 Å². The molecular weight excluding hydrogens is 226 g/mol. The van der Waals surface area contributed by atoms with Gasteiger partial charge in [0.15, 0.2) is 11.6 Å². The van der Waals surface area contributed by atoms with E-state index in [2.05, 4.69) is 0 Å². The first-order chi connectivity index (χ1) is 7.91. The molecule has 0 spiro atoms. The van der Waals surface area contributed by atoms with E-state index in [1.807, 2.05) is 13.8 Å². The van der Waals surface area contributed by atoms with Crippen LogP contribution in [-0.2, 0) is 11.2 Å². The number of hydrogen-bond acceptors (Lipinski definition) is 1. The lowest BCUT2D eigenvalue weighted by atomic mass is 9.91. The molecule has 4 heteroatoms. The lowest BCUT2D eigenvalue weighted by molar-refractivity contribution is -0.142. The Balaban J connectivity index is 2.86. The molecule has 1 aromatic rings. The standard InChI is InChI=1S/C13H16F2O2/c1-8(2)6-10(13(16)17)7-9-4-3-5-11(14)12(9)15/h3-5,8,10H,6-7H2,1-2H3,(H,16,17). The summed E-state index contributed by atoms with van der Waals surface area (Å²) in [7, 11) is 0. The number of halogens is 2. The van der Waals surface area contributed by atoms with Crippen LogP contribution < -0.4 is 0 Å². The normalized spacial score (nSPS) is 12.8. The lowest BCUT2D eigenvalue weighted by Crippen LogP contribution is -2.19. The molecule has 0 aliphatic heterocycles. The van der Waals surface area contributed by atoms with Gasteiger partial charge in [-0.1, -0.05) is 26.0 Å². The monoisotopic (exact) mass is 242 g/mol. The third-order valence-electron chi connectivity index (χ3n) is 2.60. The van der Waals surface area contributed by atoms with E-state index in [9.17, 15) is 13.6 Å². The fourth-order valence-electron chi connectivity index (χ4n) is 1.81. The average molecular weight is 242 g/mol. The third kappa shape index (κ3) is 3.80. The predicted molar refractivity (Wildman–Crippen MR) is 60.6 cm³/mol. The van der Waals surface area contributed by atoms with Crippen LogP contribution in [0.15, 0.2) is 18.2 Å². The molecule has 1 unspecified atom stereocenters. The van der Waals surface area contributed by atoms with E-state index >= 15 is 0 Å². The molecule has 17 heavy (non-hydrogen) atoms. The number of benzene rings is 1. The summed E-state index contributed by atoms with van der Waals surface area (Å²) in [6, 6.07) is 3.84. The van der Waals surface area contributed by atoms with Crippen molar-refractivity contribution in [1.82, 2.24) is 0 Å². The van der Waals surface area contributed by atoms with Gasteiger partial charge in [-0.05, 0) is 30.4 Å². The highest BCUT2D eigenvalue weighted by Crippen LogP contribution is 2.20. The van der Waals surface area contributed by atoms with Gasteiger partial charge in [-0.15, -0.1) is 0 Å². The molecule has 1 atom stereocenters. The number of carboxylic acid groups (broad SMARTS) is 1. The quantitative estimate of drug-likeness (QED) is 0.860. The van der Waals surface area contributed by atoms with Crippen molar-refractivity contribution in [3.63, 3.8) is 0 Å². The minimum Gasteiger partial charge on any atom is -0.481 e. The third-order valence-corrected chi connectivity index (χ3v) is 2.60. The molecule has 0 saturated carbocycles. The summed E-state index contributed by atoms with van der Waals surface area (Å²) in [6.45, 7) is 3.80. The van der Waals surface area contributed by atoms with Crippen LogP contribution in [0.3, 0.4) is 0 Å². The molecule has 0 fully saturated rings. The summed E-state index contributed by atoms with van der Waals surface area (Å²) in [5.41, 5.74) is 0.123. The van der Waals surface area contributed by atoms with Gasteiger partial charge in [0.05, 0.1) is 5.92 Å². The van der Waals surface area contributed by atoms with Gasteiger partial charge in [0.25, 0.3) is 0 Å². The highest BCUT2D eigenvalue weighted by molar-refractivity contribution is 5.70. The Kier molecular flexibility index (Phi) is 4.61. The molecule has 0 bridgehead atoms. The number of aliphatic carboxylic acids is 1. The van der Waals surface area contributed by atoms with Gasteiger partial charge in [-0.3, -0.25) is 4.79 Å². The smallest absolute Gasteiger partial charge is 0.306 e. The molecule has 0 aromatic heterocycles. The van der Waals surface area contributed by atoms with Crippen molar-refractivity contribution in [2.45, 2.75) is 26.7 Å². The number of carbonyl (C=O) groups is 1. The molecule has 0 saturated heterocycles. The topological polar surface area (TPSA) is 37.3 Å². The van der Waals surface area contributed by atoms with E-state index in [0.717, 1.165) is 6.07 Å². The van der Waals surface area contributed by atoms with Crippen molar-refractivity contribution < 1.29 is 18.7 Å². The SMILES string of the molecule is CC(C)CC(Cc1cccc(F)c1F)C(=O)O. The van der Waals surface area contributed by atoms with Crippen LogP contribution in [0.4, 0.5) is 8.78 Å². The zero-order chi connectivity index (χ0) is 13.0. The van der Waals surface area contributed by atoms with Crippen molar-refractivity contribution in [3.8, 4) is 0 Å². The van der Waals surface area contributed by atoms with E-state index in [1.165, 1.54) is 12.1 Å². The van der Waals surface area contributed by atoms with Crippen LogP contribution >= 0.6 is 0 Å². The van der Waals surface area contributed by atoms with Gasteiger partial charge in [-0.25, -0.2) is 8.78 Å². The van der Waals surface area contributed by atoms with Crippen molar-refractivity contribution >= 4 is 5.97 Å². The summed E-state index contributed by atoms with van der Waals surface area (Å²) in [6.07, 6.45) is 0.475. The zero-order valence-electron chi connectivity index (χ0n) is 9.91. The molecule has 1 rings (SSSR count). The van der Waals surface area contributed by atoms with Crippen LogP contribution in [0, 0.1) is 23.5 Å². The Morgan fingerprint density at radius 2 is 2.00 bits per heavy atom. The first-order valence-corrected chi connectivity index (χ1v) is 5.57. The molecule has 1 aromatic carbocycles. The molecule has 0 radical (unpaired) electrons. The van der Waals surface area contributed by atoms with Crippen molar-refractivity contribution in [2.75, 3.05) is 0 Å². The van der Waals surface area contributed by atoms with Crippen LogP contribution in [0.25, 0.3) is 0 Å². The minimum absolute atomic E-state index is 0.0249. The van der Waals surface area contributed by atoms with Crippen molar-refractivity contribution in [1.29, 1.82) is 0 Å². The molecular formula is C13H16F2O2. The largest absolute Gasteiger partial charge is 0.481 e. The molecule has 0 aliphatic rings. The molecule has 94 valence electrons. The van der Waals surface area contributed by atoms with E-state index < -0.39 is 23.5 Å². The molecule has 0 amide bonds. The van der Waals surface area contributed by atoms with E-state index in [1.54, 1.807) is 0 Å². The minimum atomic E-state index is -0.970. The van der Waals surface area contributed by atoms with E-state index in [0.29, 0.717) is 6.42 Å². The number of rotatable bonds is 5. The average Bonchev–Trinajstić information content (AvgIpc) is 2.22. The second-order valence-corrected chi connectivity index (χ2v) is 4.58. The Morgan fingerprint density at radius 1 is 1.35 bits per heavy atom. The second kappa shape index (κ2) is 5.75. The fraction of sp³-hybridized carbons (Fsp3) is 0.462. The van der Waals surface area contributed by atoms with Crippen LogP contribution in [0.1, 0.15) is 25.8 Å². The fourth-order valence-corrected chi connectivity index (χ4v) is 1.81. The van der Waals surface area contributed by atoms with Crippen LogP contribution in [0.2, 0.25) is 0 Å². The predicted octanol–water partition coefficient (Wildman–Crippen LogP) is 3.25. The number of carboxylic acids is 1. The first kappa shape index (κ1) is 13.6. The maximum absolute atomic E-state index is 13.4. The lowest BCUT2D eigenvalue weighted by Gasteiger charge is -2.15. The Morgan fingerprint density at radius 3 is 2.53 bits per heavy atom. The van der Waals surface area contributed by atoms with Gasteiger partial charge in [0.2, 0.25) is 0 Å². The summed E-state index contributed by atoms with van der Waals surface area (Å²) >= 11 is 0. The molecule has 1 N–H and O–H groups in total. The van der Waals surface area contributed by atoms with Gasteiger partial charge in [-0.2, -0.15) is 0 Å². The van der Waals surface area contributed by atoms with E-state index in [-0.39, 0.29) is 17.9 Å². The summed E-state index contributed by atoms with van der Waals surface area (Å²) in [4.78, 5) is 11.0.